The highest BCUT2D eigenvalue weighted by Gasteiger charge is 2.45. The molecule has 1 aliphatic carbocycles. The molecule has 0 fully saturated rings. The molecule has 5 heterocycles. The summed E-state index contributed by atoms with van der Waals surface area (Å²) in [4.78, 5) is 32.3. The van der Waals surface area contributed by atoms with E-state index >= 15 is 0 Å². The molecular formula is C40H42N6O8S2. The van der Waals surface area contributed by atoms with Gasteiger partial charge in [0.25, 0.3) is 0 Å². The van der Waals surface area contributed by atoms with Gasteiger partial charge in [0, 0.05) is 67.2 Å². The Labute approximate surface area is 329 Å². The zero-order chi connectivity index (χ0) is 39.0. The number of carbonyl (C=O) groups excluding carboxylic acids is 1. The van der Waals surface area contributed by atoms with Crippen molar-refractivity contribution >= 4 is 50.6 Å². The van der Waals surface area contributed by atoms with E-state index in [4.69, 9.17) is 14.2 Å². The number of aromatic amines is 1. The summed E-state index contributed by atoms with van der Waals surface area (Å²) in [7, 11) is 2.06. The second-order valence-corrected chi connectivity index (χ2v) is 16.3. The summed E-state index contributed by atoms with van der Waals surface area (Å²) in [5.41, 5.74) is 2.11. The van der Waals surface area contributed by atoms with E-state index in [2.05, 4.69) is 38.6 Å². The van der Waals surface area contributed by atoms with Gasteiger partial charge in [-0.1, -0.05) is 23.4 Å². The number of ether oxygens (including phenoxy) is 3. The first-order valence-electron chi connectivity index (χ1n) is 18.4. The summed E-state index contributed by atoms with van der Waals surface area (Å²) in [6.45, 7) is 3.95. The lowest BCUT2D eigenvalue weighted by molar-refractivity contribution is -0.167. The third kappa shape index (κ3) is 7.25. The van der Waals surface area contributed by atoms with Crippen LogP contribution in [0.5, 0.6) is 17.2 Å². The van der Waals surface area contributed by atoms with Crippen molar-refractivity contribution in [3.05, 3.63) is 108 Å². The van der Waals surface area contributed by atoms with E-state index in [1.165, 1.54) is 40.5 Å². The van der Waals surface area contributed by atoms with Crippen molar-refractivity contribution in [1.29, 1.82) is 0 Å². The third-order valence-corrected chi connectivity index (χ3v) is 12.4. The molecule has 0 spiro atoms. The first kappa shape index (κ1) is 37.7. The highest BCUT2D eigenvalue weighted by Crippen LogP contribution is 2.42. The number of aryl methyl sites for hydroxylation is 2. The Morgan fingerprint density at radius 2 is 2.04 bits per heavy atom. The molecule has 16 heteroatoms. The van der Waals surface area contributed by atoms with Crippen molar-refractivity contribution < 1.29 is 34.3 Å². The first-order valence-corrected chi connectivity index (χ1v) is 20.1. The molecule has 0 radical (unpaired) electrons. The van der Waals surface area contributed by atoms with Crippen LogP contribution in [-0.2, 0) is 28.2 Å². The fourth-order valence-corrected chi connectivity index (χ4v) is 9.24. The lowest BCUT2D eigenvalue weighted by Crippen LogP contribution is -2.39. The SMILES string of the molecule is Cc1ccc([C@](O)(C(=O)O[C@@H]2CC=C(N(C)CCCn3nnc4cc(CNC[C@H](O)c5ccc(O)c6[nH]c(=O)ccc56)c5c(c43)OCO5)CC2)c2cccs2)s1. The van der Waals surface area contributed by atoms with Crippen LogP contribution in [0.25, 0.3) is 21.9 Å². The number of rotatable bonds is 14. The molecule has 0 saturated heterocycles. The summed E-state index contributed by atoms with van der Waals surface area (Å²) < 4.78 is 19.6. The Kier molecular flexibility index (Phi) is 10.6. The number of fused-ring (bicyclic) bond motifs is 4. The van der Waals surface area contributed by atoms with E-state index in [1.807, 2.05) is 35.2 Å². The second kappa shape index (κ2) is 15.7. The number of hydrogen-bond acceptors (Lipinski definition) is 14. The summed E-state index contributed by atoms with van der Waals surface area (Å²) in [5.74, 6) is 0.488. The number of hydrogen-bond donors (Lipinski definition) is 5. The number of nitrogens with one attached hydrogen (secondary N) is 2. The summed E-state index contributed by atoms with van der Waals surface area (Å²) in [6, 6.07) is 15.3. The average molecular weight is 799 g/mol. The van der Waals surface area contributed by atoms with Gasteiger partial charge in [0.15, 0.2) is 11.5 Å². The number of aliphatic hydroxyl groups is 2. The van der Waals surface area contributed by atoms with Gasteiger partial charge in [-0.2, -0.15) is 0 Å². The molecule has 8 rings (SSSR count). The van der Waals surface area contributed by atoms with E-state index in [0.717, 1.165) is 35.3 Å². The minimum Gasteiger partial charge on any atom is -0.506 e. The van der Waals surface area contributed by atoms with Crippen LogP contribution in [0, 0.1) is 6.92 Å². The summed E-state index contributed by atoms with van der Waals surface area (Å²) in [6.07, 6.45) is 3.64. The molecule has 4 aromatic heterocycles. The molecule has 2 aliphatic rings. The van der Waals surface area contributed by atoms with Gasteiger partial charge in [0.2, 0.25) is 18.0 Å². The monoisotopic (exact) mass is 798 g/mol. The number of benzene rings is 2. The van der Waals surface area contributed by atoms with Crippen molar-refractivity contribution in [3.63, 3.8) is 0 Å². The predicted molar refractivity (Wildman–Crippen MR) is 212 cm³/mol. The van der Waals surface area contributed by atoms with E-state index in [1.54, 1.807) is 24.3 Å². The van der Waals surface area contributed by atoms with Crippen molar-refractivity contribution in [2.45, 2.75) is 63.5 Å². The number of H-pyrrole nitrogens is 1. The highest BCUT2D eigenvalue weighted by molar-refractivity contribution is 7.13. The lowest BCUT2D eigenvalue weighted by atomic mass is 9.98. The van der Waals surface area contributed by atoms with Crippen molar-refractivity contribution in [2.75, 3.05) is 26.9 Å². The number of aliphatic hydroxyl groups excluding tert-OH is 1. The van der Waals surface area contributed by atoms with Crippen LogP contribution in [0.4, 0.5) is 0 Å². The molecule has 56 heavy (non-hydrogen) atoms. The Morgan fingerprint density at radius 3 is 2.80 bits per heavy atom. The Balaban J connectivity index is 0.862. The van der Waals surface area contributed by atoms with Crippen molar-refractivity contribution in [3.8, 4) is 17.2 Å². The van der Waals surface area contributed by atoms with Gasteiger partial charge >= 0.3 is 5.97 Å². The van der Waals surface area contributed by atoms with Crippen LogP contribution in [0.3, 0.4) is 0 Å². The van der Waals surface area contributed by atoms with Gasteiger partial charge in [0.05, 0.1) is 21.4 Å². The molecule has 0 saturated carbocycles. The van der Waals surface area contributed by atoms with Gasteiger partial charge in [-0.15, -0.1) is 27.8 Å². The van der Waals surface area contributed by atoms with E-state index in [0.29, 0.717) is 63.7 Å². The number of phenols is 1. The third-order valence-electron chi connectivity index (χ3n) is 10.3. The number of carbonyl (C=O) groups is 1. The molecule has 0 unspecified atom stereocenters. The smallest absolute Gasteiger partial charge is 0.349 e. The van der Waals surface area contributed by atoms with Crippen molar-refractivity contribution in [2.24, 2.45) is 0 Å². The molecule has 6 aromatic rings. The van der Waals surface area contributed by atoms with Crippen LogP contribution in [0.2, 0.25) is 0 Å². The lowest BCUT2D eigenvalue weighted by Gasteiger charge is -2.31. The average Bonchev–Trinajstić information content (AvgIpc) is 4.03. The van der Waals surface area contributed by atoms with Crippen molar-refractivity contribution in [1.82, 2.24) is 30.2 Å². The van der Waals surface area contributed by atoms with Gasteiger partial charge in [0.1, 0.15) is 22.9 Å². The zero-order valence-electron chi connectivity index (χ0n) is 30.9. The topological polar surface area (TPSA) is 184 Å². The minimum absolute atomic E-state index is 0.0645. The van der Waals surface area contributed by atoms with Crippen LogP contribution in [-0.4, -0.2) is 79.2 Å². The Bertz CT molecular complexity index is 2480. The summed E-state index contributed by atoms with van der Waals surface area (Å²) >= 11 is 2.73. The van der Waals surface area contributed by atoms with E-state index in [-0.39, 0.29) is 36.3 Å². The first-order chi connectivity index (χ1) is 27.1. The highest BCUT2D eigenvalue weighted by atomic mass is 32.1. The molecule has 292 valence electrons. The fourth-order valence-electron chi connectivity index (χ4n) is 7.40. The molecule has 3 atom stereocenters. The Morgan fingerprint density at radius 1 is 1.18 bits per heavy atom. The van der Waals surface area contributed by atoms with Crippen LogP contribution >= 0.6 is 22.7 Å². The number of aromatic nitrogens is 4. The minimum atomic E-state index is -1.82. The molecule has 14 nitrogen and oxygen atoms in total. The van der Waals surface area contributed by atoms with Gasteiger partial charge in [-0.25, -0.2) is 9.48 Å². The van der Waals surface area contributed by atoms with Crippen LogP contribution < -0.4 is 20.3 Å². The largest absolute Gasteiger partial charge is 0.506 e. The maximum atomic E-state index is 13.5. The van der Waals surface area contributed by atoms with Crippen LogP contribution in [0.15, 0.2) is 76.5 Å². The number of nitrogens with zero attached hydrogens (tertiary/aromatic N) is 4. The number of phenolic OH excluding ortho intramolecular Hbond substituents is 1. The maximum absolute atomic E-state index is 13.5. The molecule has 5 N–H and O–H groups in total. The molecule has 1 aliphatic heterocycles. The van der Waals surface area contributed by atoms with Gasteiger partial charge < -0.3 is 44.7 Å². The Hall–Kier alpha value is -5.26. The number of thiophene rings is 2. The van der Waals surface area contributed by atoms with E-state index in [9.17, 15) is 24.9 Å². The standard InChI is InChI=1S/C40H42N6O8S2/c1-23-6-14-33(56-23)40(51,32-5-3-18-55-32)39(50)54-26-9-7-25(8-10-26)45(2)16-4-17-46-36-29(43-44-46)19-24(37-38(36)53-22-52-37)20-41-21-31(48)27-11-13-30(47)35-28(27)12-15-34(49)42-35/h3,5-7,11-15,18-19,26,31,41,47-48,51H,4,8-10,16-17,20-22H2,1-2H3,(H,42,49)/t26-,31+,40+/m1/s1. The zero-order valence-corrected chi connectivity index (χ0v) is 32.5. The second-order valence-electron chi connectivity index (χ2n) is 14.1. The number of aromatic hydroxyl groups is 1. The van der Waals surface area contributed by atoms with Gasteiger partial charge in [-0.05, 0) is 73.5 Å². The van der Waals surface area contributed by atoms with Crippen LogP contribution in [0.1, 0.15) is 57.5 Å². The quantitative estimate of drug-likeness (QED) is 0.0910. The number of pyridine rings is 1. The maximum Gasteiger partial charge on any atom is 0.349 e. The normalized spacial score (nSPS) is 16.9. The van der Waals surface area contributed by atoms with E-state index < -0.39 is 17.7 Å². The molecule has 0 bridgehead atoms. The number of esters is 1. The molecule has 2 aromatic carbocycles. The van der Waals surface area contributed by atoms with Gasteiger partial charge in [-0.3, -0.25) is 4.79 Å². The number of allylic oxidation sites excluding steroid dienone is 1. The molecular weight excluding hydrogens is 757 g/mol. The predicted octanol–water partition coefficient (Wildman–Crippen LogP) is 5.20. The fraction of sp³-hybridized carbons (Fsp3) is 0.350. The summed E-state index contributed by atoms with van der Waals surface area (Å²) in [5, 5.41) is 47.5. The molecule has 0 amide bonds.